The van der Waals surface area contributed by atoms with Gasteiger partial charge in [0.25, 0.3) is 0 Å². The molecule has 0 aromatic carbocycles. The highest BCUT2D eigenvalue weighted by atomic mass is 32.2. The lowest BCUT2D eigenvalue weighted by molar-refractivity contribution is -0.128. The summed E-state index contributed by atoms with van der Waals surface area (Å²) in [5, 5.41) is 0. The predicted octanol–water partition coefficient (Wildman–Crippen LogP) is 1.78. The van der Waals surface area contributed by atoms with Crippen LogP contribution in [0.25, 0.3) is 0 Å². The van der Waals surface area contributed by atoms with Crippen molar-refractivity contribution in [3.8, 4) is 0 Å². The fourth-order valence-electron chi connectivity index (χ4n) is 5.18. The van der Waals surface area contributed by atoms with Gasteiger partial charge >= 0.3 is 6.09 Å². The van der Waals surface area contributed by atoms with Gasteiger partial charge in [-0.1, -0.05) is 13.8 Å². The minimum atomic E-state index is -3.52. The Kier molecular flexibility index (Phi) is 5.11. The number of methoxy groups -OCH3 is 1. The Labute approximate surface area is 155 Å². The van der Waals surface area contributed by atoms with Crippen molar-refractivity contribution in [2.75, 3.05) is 32.5 Å². The molecule has 1 N–H and O–H groups in total. The minimum Gasteiger partial charge on any atom is -0.453 e. The van der Waals surface area contributed by atoms with Crippen LogP contribution < -0.4 is 4.72 Å². The third-order valence-electron chi connectivity index (χ3n) is 7.21. The van der Waals surface area contributed by atoms with E-state index in [0.29, 0.717) is 38.4 Å². The molecular weight excluding hydrogens is 356 g/mol. The molecule has 8 heteroatoms. The second-order valence-corrected chi connectivity index (χ2v) is 10.5. The van der Waals surface area contributed by atoms with Crippen LogP contribution in [-0.4, -0.2) is 57.7 Å². The van der Waals surface area contributed by atoms with E-state index in [2.05, 4.69) is 4.72 Å². The quantitative estimate of drug-likeness (QED) is 0.777. The molecule has 3 rings (SSSR count). The topological polar surface area (TPSA) is 92.8 Å². The third kappa shape index (κ3) is 3.26. The first-order chi connectivity index (χ1) is 12.1. The smallest absolute Gasteiger partial charge is 0.409 e. The number of carbonyl (C=O) groups excluding carboxylic acids is 2. The van der Waals surface area contributed by atoms with Crippen molar-refractivity contribution >= 4 is 21.9 Å². The second kappa shape index (κ2) is 6.78. The van der Waals surface area contributed by atoms with Crippen LogP contribution in [0.1, 0.15) is 46.0 Å². The van der Waals surface area contributed by atoms with Crippen LogP contribution in [0.3, 0.4) is 0 Å². The van der Waals surface area contributed by atoms with Crippen molar-refractivity contribution in [3.05, 3.63) is 0 Å². The Morgan fingerprint density at radius 3 is 2.42 bits per heavy atom. The summed E-state index contributed by atoms with van der Waals surface area (Å²) in [6, 6.07) is 0. The lowest BCUT2D eigenvalue weighted by Gasteiger charge is -2.36. The van der Waals surface area contributed by atoms with Gasteiger partial charge in [0.1, 0.15) is 5.78 Å². The predicted molar refractivity (Wildman–Crippen MR) is 97.1 cm³/mol. The van der Waals surface area contributed by atoms with Gasteiger partial charge in [0.05, 0.1) is 12.9 Å². The maximum atomic E-state index is 12.7. The van der Waals surface area contributed by atoms with Crippen molar-refractivity contribution in [1.29, 1.82) is 0 Å². The zero-order valence-corrected chi connectivity index (χ0v) is 16.7. The second-order valence-electron chi connectivity index (χ2n) is 8.67. The van der Waals surface area contributed by atoms with E-state index in [9.17, 15) is 18.0 Å². The molecule has 2 bridgehead atoms. The molecule has 26 heavy (non-hydrogen) atoms. The largest absolute Gasteiger partial charge is 0.453 e. The Bertz CT molecular complexity index is 682. The molecule has 1 heterocycles. The van der Waals surface area contributed by atoms with Gasteiger partial charge in [0.2, 0.25) is 10.0 Å². The number of nitrogens with one attached hydrogen (secondary N) is 1. The summed E-state index contributed by atoms with van der Waals surface area (Å²) < 4.78 is 32.9. The molecule has 1 saturated heterocycles. The van der Waals surface area contributed by atoms with E-state index in [-0.39, 0.29) is 29.0 Å². The molecule has 2 aliphatic carbocycles. The van der Waals surface area contributed by atoms with E-state index in [4.69, 9.17) is 4.74 Å². The summed E-state index contributed by atoms with van der Waals surface area (Å²) >= 11 is 0. The molecule has 3 fully saturated rings. The lowest BCUT2D eigenvalue weighted by atomic mass is 9.70. The Morgan fingerprint density at radius 2 is 1.92 bits per heavy atom. The zero-order valence-electron chi connectivity index (χ0n) is 15.9. The number of likely N-dealkylation sites (tertiary alicyclic amines) is 1. The Hall–Kier alpha value is -1.15. The fraction of sp³-hybridized carbons (Fsp3) is 0.889. The molecule has 1 aliphatic heterocycles. The van der Waals surface area contributed by atoms with Crippen LogP contribution in [0, 0.1) is 22.7 Å². The average molecular weight is 387 g/mol. The van der Waals surface area contributed by atoms with Crippen LogP contribution in [0.2, 0.25) is 0 Å². The third-order valence-corrected chi connectivity index (χ3v) is 8.69. The van der Waals surface area contributed by atoms with E-state index < -0.39 is 15.4 Å². The molecule has 2 saturated carbocycles. The van der Waals surface area contributed by atoms with Crippen LogP contribution in [-0.2, 0) is 19.6 Å². The minimum absolute atomic E-state index is 0.0939. The molecule has 3 aliphatic rings. The number of piperidine rings is 1. The standard InChI is InChI=1S/C18H30N2O5S/c1-17(2)14-4-7-18(17,15(21)10-14)12-26(23,24)19-11-13-5-8-20(9-6-13)16(22)25-3/h13-14,19H,4-12H2,1-3H3/t14-,18+/m0/s1. The number of hydrogen-bond donors (Lipinski definition) is 1. The van der Waals surface area contributed by atoms with E-state index >= 15 is 0 Å². The molecule has 0 aromatic rings. The summed E-state index contributed by atoms with van der Waals surface area (Å²) in [5.41, 5.74) is -0.970. The number of sulfonamides is 1. The summed E-state index contributed by atoms with van der Waals surface area (Å²) in [6.45, 7) is 5.62. The first-order valence-electron chi connectivity index (χ1n) is 9.45. The first kappa shape index (κ1) is 19.6. The molecule has 148 valence electrons. The lowest BCUT2D eigenvalue weighted by Crippen LogP contribution is -2.47. The monoisotopic (exact) mass is 386 g/mol. The number of fused-ring (bicyclic) bond motifs is 2. The molecular formula is C18H30N2O5S. The molecule has 1 amide bonds. The number of hydrogen-bond acceptors (Lipinski definition) is 5. The molecule has 0 radical (unpaired) electrons. The highest BCUT2D eigenvalue weighted by Gasteiger charge is 2.65. The number of rotatable bonds is 5. The van der Waals surface area contributed by atoms with Gasteiger partial charge in [-0.2, -0.15) is 0 Å². The molecule has 0 aromatic heterocycles. The molecule has 7 nitrogen and oxygen atoms in total. The van der Waals surface area contributed by atoms with Crippen LogP contribution in [0.4, 0.5) is 4.79 Å². The van der Waals surface area contributed by atoms with Crippen molar-refractivity contribution in [2.24, 2.45) is 22.7 Å². The van der Waals surface area contributed by atoms with Crippen molar-refractivity contribution in [3.63, 3.8) is 0 Å². The summed E-state index contributed by atoms with van der Waals surface area (Å²) in [7, 11) is -2.16. The first-order valence-corrected chi connectivity index (χ1v) is 11.1. The number of ether oxygens (including phenoxy) is 1. The summed E-state index contributed by atoms with van der Waals surface area (Å²) in [6.07, 6.45) is 3.31. The zero-order chi connectivity index (χ0) is 19.2. The highest BCUT2D eigenvalue weighted by Crippen LogP contribution is 2.64. The SMILES string of the molecule is COC(=O)N1CCC(CNS(=O)(=O)C[C@]23CC[C@@H](CC2=O)C3(C)C)CC1. The molecule has 0 unspecified atom stereocenters. The summed E-state index contributed by atoms with van der Waals surface area (Å²) in [4.78, 5) is 25.7. The maximum Gasteiger partial charge on any atom is 0.409 e. The number of ketones is 1. The van der Waals surface area contributed by atoms with E-state index in [1.54, 1.807) is 4.90 Å². The number of carbonyl (C=O) groups is 2. The number of nitrogens with zero attached hydrogens (tertiary/aromatic N) is 1. The van der Waals surface area contributed by atoms with Gasteiger partial charge in [-0.15, -0.1) is 0 Å². The summed E-state index contributed by atoms with van der Waals surface area (Å²) in [5.74, 6) is 0.540. The number of Topliss-reactive ketones (excluding diaryl/α,β-unsaturated/α-hetero) is 1. The van der Waals surface area contributed by atoms with Gasteiger partial charge in [-0.3, -0.25) is 4.79 Å². The number of amides is 1. The van der Waals surface area contributed by atoms with Gasteiger partial charge in [-0.25, -0.2) is 17.9 Å². The van der Waals surface area contributed by atoms with Gasteiger partial charge in [0, 0.05) is 31.5 Å². The fourth-order valence-corrected chi connectivity index (χ4v) is 7.09. The Morgan fingerprint density at radius 1 is 1.27 bits per heavy atom. The highest BCUT2D eigenvalue weighted by molar-refractivity contribution is 7.89. The van der Waals surface area contributed by atoms with E-state index in [0.717, 1.165) is 19.3 Å². The maximum absolute atomic E-state index is 12.7. The van der Waals surface area contributed by atoms with E-state index in [1.165, 1.54) is 7.11 Å². The van der Waals surface area contributed by atoms with Crippen molar-refractivity contribution < 1.29 is 22.7 Å². The molecule has 0 spiro atoms. The van der Waals surface area contributed by atoms with Gasteiger partial charge < -0.3 is 9.64 Å². The van der Waals surface area contributed by atoms with Gasteiger partial charge in [0.15, 0.2) is 0 Å². The van der Waals surface area contributed by atoms with Crippen LogP contribution in [0.5, 0.6) is 0 Å². The van der Waals surface area contributed by atoms with E-state index in [1.807, 2.05) is 13.8 Å². The average Bonchev–Trinajstić information content (AvgIpc) is 2.93. The normalized spacial score (nSPS) is 31.4. The van der Waals surface area contributed by atoms with Crippen LogP contribution in [0.15, 0.2) is 0 Å². The Balaban J connectivity index is 1.56. The van der Waals surface area contributed by atoms with Crippen molar-refractivity contribution in [1.82, 2.24) is 9.62 Å². The van der Waals surface area contributed by atoms with Crippen LogP contribution >= 0.6 is 0 Å². The van der Waals surface area contributed by atoms with Gasteiger partial charge in [-0.05, 0) is 42.9 Å². The molecule has 2 atom stereocenters. The van der Waals surface area contributed by atoms with Crippen molar-refractivity contribution in [2.45, 2.75) is 46.0 Å².